The summed E-state index contributed by atoms with van der Waals surface area (Å²) in [6, 6.07) is 4.09. The minimum Gasteiger partial charge on any atom is -0.462 e. The first-order valence-corrected chi connectivity index (χ1v) is 7.71. The average molecular weight is 295 g/mol. The van der Waals surface area contributed by atoms with Crippen LogP contribution in [0, 0.1) is 0 Å². The molecule has 1 aromatic heterocycles. The number of piperazine rings is 1. The van der Waals surface area contributed by atoms with Crippen LogP contribution in [0.5, 0.6) is 0 Å². The number of hydrogen-bond acceptors (Lipinski definition) is 4. The Bertz CT molecular complexity index is 463. The molecule has 20 heavy (non-hydrogen) atoms. The highest BCUT2D eigenvalue weighted by molar-refractivity contribution is 7.12. The molecule has 6 heteroatoms. The number of amidine groups is 1. The summed E-state index contributed by atoms with van der Waals surface area (Å²) in [5, 5.41) is 1.88. The molecular weight excluding hydrogens is 274 g/mol. The molecule has 1 aromatic rings. The Balaban J connectivity index is 2.12. The van der Waals surface area contributed by atoms with Crippen LogP contribution in [0.2, 0.25) is 0 Å². The van der Waals surface area contributed by atoms with Gasteiger partial charge in [0.15, 0.2) is 0 Å². The van der Waals surface area contributed by atoms with Gasteiger partial charge in [-0.3, -0.25) is 4.79 Å². The first kappa shape index (κ1) is 15.0. The second kappa shape index (κ2) is 6.85. The molecule has 0 spiro atoms. The van der Waals surface area contributed by atoms with Crippen molar-refractivity contribution in [1.29, 1.82) is 0 Å². The Morgan fingerprint density at radius 2 is 2.05 bits per heavy atom. The lowest BCUT2D eigenvalue weighted by molar-refractivity contribution is 0.0984. The maximum Gasteiger partial charge on any atom is 0.295 e. The zero-order valence-corrected chi connectivity index (χ0v) is 13.0. The summed E-state index contributed by atoms with van der Waals surface area (Å²) in [4.78, 5) is 21.2. The van der Waals surface area contributed by atoms with Crippen LogP contribution in [0.25, 0.3) is 0 Å². The van der Waals surface area contributed by atoms with Gasteiger partial charge in [-0.1, -0.05) is 6.07 Å². The van der Waals surface area contributed by atoms with Crippen LogP contribution in [0.1, 0.15) is 23.5 Å². The lowest BCUT2D eigenvalue weighted by Crippen LogP contribution is -2.48. The van der Waals surface area contributed by atoms with Gasteiger partial charge in [0.2, 0.25) is 0 Å². The van der Waals surface area contributed by atoms with Gasteiger partial charge in [-0.15, -0.1) is 11.3 Å². The van der Waals surface area contributed by atoms with Crippen molar-refractivity contribution in [3.8, 4) is 0 Å². The highest BCUT2D eigenvalue weighted by atomic mass is 32.1. The van der Waals surface area contributed by atoms with Crippen molar-refractivity contribution in [3.63, 3.8) is 0 Å². The molecule has 110 valence electrons. The van der Waals surface area contributed by atoms with E-state index < -0.39 is 0 Å². The number of thiophene rings is 1. The van der Waals surface area contributed by atoms with Crippen LogP contribution in [-0.2, 0) is 4.74 Å². The van der Waals surface area contributed by atoms with Crippen LogP contribution in [0.3, 0.4) is 0 Å². The smallest absolute Gasteiger partial charge is 0.295 e. The molecule has 1 saturated heterocycles. The van der Waals surface area contributed by atoms with E-state index in [2.05, 4.69) is 16.9 Å². The SMILES string of the molecule is CC(C)OC(=NC(=O)c1cccs1)N1CCN(C)CC1. The van der Waals surface area contributed by atoms with Crippen LogP contribution in [-0.4, -0.2) is 61.1 Å². The van der Waals surface area contributed by atoms with Gasteiger partial charge in [0, 0.05) is 26.2 Å². The number of carbonyl (C=O) groups is 1. The third-order valence-electron chi connectivity index (χ3n) is 3.04. The fourth-order valence-electron chi connectivity index (χ4n) is 1.92. The zero-order chi connectivity index (χ0) is 14.5. The minimum absolute atomic E-state index is 0.00421. The number of carbonyl (C=O) groups excluding carboxylic acids is 1. The van der Waals surface area contributed by atoms with Gasteiger partial charge in [0.1, 0.15) is 0 Å². The van der Waals surface area contributed by atoms with Crippen molar-refractivity contribution in [2.24, 2.45) is 4.99 Å². The molecule has 5 nitrogen and oxygen atoms in total. The molecule has 2 heterocycles. The van der Waals surface area contributed by atoms with E-state index >= 15 is 0 Å². The van der Waals surface area contributed by atoms with E-state index in [-0.39, 0.29) is 12.0 Å². The molecule has 2 rings (SSSR count). The first-order chi connectivity index (χ1) is 9.56. The van der Waals surface area contributed by atoms with Crippen molar-refractivity contribution in [2.75, 3.05) is 33.2 Å². The van der Waals surface area contributed by atoms with Gasteiger partial charge in [0.25, 0.3) is 11.9 Å². The maximum atomic E-state index is 12.1. The Kier molecular flexibility index (Phi) is 5.14. The number of likely N-dealkylation sites (N-methyl/N-ethyl adjacent to an activating group) is 1. The normalized spacial score (nSPS) is 17.6. The standard InChI is InChI=1S/C14H21N3O2S/c1-11(2)19-14(17-8-6-16(3)7-9-17)15-13(18)12-5-4-10-20-12/h4-5,10-11H,6-9H2,1-3H3. The van der Waals surface area contributed by atoms with Gasteiger partial charge in [0.05, 0.1) is 11.0 Å². The summed E-state index contributed by atoms with van der Waals surface area (Å²) in [6.07, 6.45) is 0.00421. The highest BCUT2D eigenvalue weighted by Crippen LogP contribution is 2.12. The van der Waals surface area contributed by atoms with Gasteiger partial charge >= 0.3 is 0 Å². The molecule has 0 aromatic carbocycles. The first-order valence-electron chi connectivity index (χ1n) is 6.83. The third-order valence-corrected chi connectivity index (χ3v) is 3.90. The predicted molar refractivity (Wildman–Crippen MR) is 81.4 cm³/mol. The molecule has 0 aliphatic carbocycles. The summed E-state index contributed by atoms with van der Waals surface area (Å²) < 4.78 is 5.73. The maximum absolute atomic E-state index is 12.1. The predicted octanol–water partition coefficient (Wildman–Crippen LogP) is 1.92. The molecule has 0 radical (unpaired) electrons. The van der Waals surface area contributed by atoms with Gasteiger partial charge in [-0.05, 0) is 32.3 Å². The van der Waals surface area contributed by atoms with Crippen LogP contribution in [0.15, 0.2) is 22.5 Å². The molecule has 0 atom stereocenters. The molecule has 0 bridgehead atoms. The number of amides is 1. The Morgan fingerprint density at radius 3 is 2.60 bits per heavy atom. The zero-order valence-electron chi connectivity index (χ0n) is 12.2. The monoisotopic (exact) mass is 295 g/mol. The molecule has 0 unspecified atom stereocenters. The number of ether oxygens (including phenoxy) is 1. The van der Waals surface area contributed by atoms with E-state index in [0.29, 0.717) is 10.9 Å². The number of aliphatic imine (C=N–C) groups is 1. The average Bonchev–Trinajstić information content (AvgIpc) is 2.92. The Morgan fingerprint density at radius 1 is 1.35 bits per heavy atom. The summed E-state index contributed by atoms with van der Waals surface area (Å²) >= 11 is 1.40. The Labute approximate surface area is 123 Å². The van der Waals surface area contributed by atoms with E-state index in [1.54, 1.807) is 6.07 Å². The van der Waals surface area contributed by atoms with Gasteiger partial charge in [-0.25, -0.2) is 0 Å². The molecule has 0 N–H and O–H groups in total. The fourth-order valence-corrected chi connectivity index (χ4v) is 2.53. The number of hydrogen-bond donors (Lipinski definition) is 0. The molecule has 1 fully saturated rings. The topological polar surface area (TPSA) is 45.1 Å². The van der Waals surface area contributed by atoms with E-state index in [1.165, 1.54) is 11.3 Å². The molecule has 0 saturated carbocycles. The Hall–Kier alpha value is -1.40. The van der Waals surface area contributed by atoms with Crippen molar-refractivity contribution in [1.82, 2.24) is 9.80 Å². The van der Waals surface area contributed by atoms with Crippen molar-refractivity contribution < 1.29 is 9.53 Å². The largest absolute Gasteiger partial charge is 0.462 e. The highest BCUT2D eigenvalue weighted by Gasteiger charge is 2.21. The summed E-state index contributed by atoms with van der Waals surface area (Å²) in [7, 11) is 2.09. The number of nitrogens with zero attached hydrogens (tertiary/aromatic N) is 3. The van der Waals surface area contributed by atoms with E-state index in [0.717, 1.165) is 26.2 Å². The molecule has 1 aliphatic heterocycles. The van der Waals surface area contributed by atoms with E-state index in [9.17, 15) is 4.79 Å². The van der Waals surface area contributed by atoms with E-state index in [4.69, 9.17) is 4.74 Å². The molecule has 1 amide bonds. The lowest BCUT2D eigenvalue weighted by Gasteiger charge is -2.34. The van der Waals surface area contributed by atoms with Crippen LogP contribution >= 0.6 is 11.3 Å². The summed E-state index contributed by atoms with van der Waals surface area (Å²) in [5.74, 6) is -0.227. The van der Waals surface area contributed by atoms with Crippen molar-refractivity contribution >= 4 is 23.3 Å². The van der Waals surface area contributed by atoms with Crippen molar-refractivity contribution in [3.05, 3.63) is 22.4 Å². The molecule has 1 aliphatic rings. The van der Waals surface area contributed by atoms with Gasteiger partial charge < -0.3 is 14.5 Å². The second-order valence-corrected chi connectivity index (χ2v) is 6.08. The third kappa shape index (κ3) is 4.05. The van der Waals surface area contributed by atoms with E-state index in [1.807, 2.05) is 30.2 Å². The second-order valence-electron chi connectivity index (χ2n) is 5.13. The molecular formula is C14H21N3O2S. The van der Waals surface area contributed by atoms with Crippen LogP contribution in [0.4, 0.5) is 0 Å². The quantitative estimate of drug-likeness (QED) is 0.618. The minimum atomic E-state index is -0.227. The van der Waals surface area contributed by atoms with Crippen molar-refractivity contribution in [2.45, 2.75) is 20.0 Å². The summed E-state index contributed by atoms with van der Waals surface area (Å²) in [6.45, 7) is 7.46. The number of rotatable bonds is 2. The summed E-state index contributed by atoms with van der Waals surface area (Å²) in [5.41, 5.74) is 0. The fraction of sp³-hybridized carbons (Fsp3) is 0.571. The van der Waals surface area contributed by atoms with Gasteiger partial charge in [-0.2, -0.15) is 4.99 Å². The van der Waals surface area contributed by atoms with Crippen LogP contribution < -0.4 is 0 Å². The lowest BCUT2D eigenvalue weighted by atomic mass is 10.3.